The fourth-order valence-electron chi connectivity index (χ4n) is 1.23. The third-order valence-electron chi connectivity index (χ3n) is 2.09. The number of halogens is 1. The Morgan fingerprint density at radius 3 is 2.94 bits per heavy atom. The minimum absolute atomic E-state index is 0.0640. The number of aromatic nitrogens is 1. The summed E-state index contributed by atoms with van der Waals surface area (Å²) in [6.45, 7) is 0. The van der Waals surface area contributed by atoms with E-state index in [1.807, 2.05) is 0 Å². The highest BCUT2D eigenvalue weighted by Gasteiger charge is 2.09. The van der Waals surface area contributed by atoms with Crippen LogP contribution in [0.4, 0.5) is 10.1 Å². The minimum Gasteiger partial charge on any atom is -0.476 e. The van der Waals surface area contributed by atoms with E-state index in [1.165, 1.54) is 23.9 Å². The number of hydrogen-bond donors (Lipinski definition) is 2. The summed E-state index contributed by atoms with van der Waals surface area (Å²) in [5.41, 5.74) is 6.15. The molecule has 2 rings (SSSR count). The van der Waals surface area contributed by atoms with E-state index in [-0.39, 0.29) is 10.7 Å². The van der Waals surface area contributed by atoms with Crippen molar-refractivity contribution in [1.29, 1.82) is 0 Å². The summed E-state index contributed by atoms with van der Waals surface area (Å²) >= 11 is 2.46. The lowest BCUT2D eigenvalue weighted by atomic mass is 10.3. The molecule has 2 aromatic rings. The Labute approximate surface area is 111 Å². The zero-order valence-electron chi connectivity index (χ0n) is 9.09. The van der Waals surface area contributed by atoms with E-state index in [2.05, 4.69) is 4.98 Å². The first-order chi connectivity index (χ1) is 8.56. The highest BCUT2D eigenvalue weighted by molar-refractivity contribution is 7.98. The van der Waals surface area contributed by atoms with Gasteiger partial charge in [0, 0.05) is 16.0 Å². The van der Waals surface area contributed by atoms with Gasteiger partial charge in [-0.05, 0) is 18.2 Å². The van der Waals surface area contributed by atoms with E-state index >= 15 is 0 Å². The van der Waals surface area contributed by atoms with Gasteiger partial charge in [-0.25, -0.2) is 14.2 Å². The zero-order valence-corrected chi connectivity index (χ0v) is 10.7. The molecule has 7 heteroatoms. The van der Waals surface area contributed by atoms with Crippen molar-refractivity contribution in [3.8, 4) is 0 Å². The molecule has 0 aliphatic rings. The zero-order chi connectivity index (χ0) is 13.1. The molecule has 18 heavy (non-hydrogen) atoms. The smallest absolute Gasteiger partial charge is 0.365 e. The van der Waals surface area contributed by atoms with Crippen molar-refractivity contribution in [3.05, 3.63) is 40.1 Å². The molecule has 0 spiro atoms. The molecule has 0 aliphatic heterocycles. The number of benzene rings is 1. The summed E-state index contributed by atoms with van der Waals surface area (Å²) in [6.07, 6.45) is 0. The molecule has 3 N–H and O–H groups in total. The van der Waals surface area contributed by atoms with Gasteiger partial charge in [-0.3, -0.25) is 0 Å². The Hall–Kier alpha value is -1.60. The van der Waals surface area contributed by atoms with E-state index in [0.29, 0.717) is 11.4 Å². The quantitative estimate of drug-likeness (QED) is 0.667. The summed E-state index contributed by atoms with van der Waals surface area (Å²) in [6, 6.07) is 4.57. The number of rotatable bonds is 4. The van der Waals surface area contributed by atoms with Crippen molar-refractivity contribution in [2.45, 2.75) is 10.6 Å². The van der Waals surface area contributed by atoms with Gasteiger partial charge in [0.25, 0.3) is 0 Å². The van der Waals surface area contributed by atoms with Gasteiger partial charge in [0.1, 0.15) is 5.82 Å². The summed E-state index contributed by atoms with van der Waals surface area (Å²) in [7, 11) is 0. The highest BCUT2D eigenvalue weighted by Crippen LogP contribution is 2.25. The maximum atomic E-state index is 13.2. The van der Waals surface area contributed by atoms with Crippen LogP contribution >= 0.6 is 23.1 Å². The van der Waals surface area contributed by atoms with Crippen LogP contribution in [0.15, 0.2) is 28.5 Å². The fourth-order valence-corrected chi connectivity index (χ4v) is 2.80. The molecule has 0 radical (unpaired) electrons. The molecular formula is C11H9FN2O2S2. The molecule has 0 atom stereocenters. The Morgan fingerprint density at radius 1 is 1.56 bits per heavy atom. The van der Waals surface area contributed by atoms with Crippen LogP contribution in [0.2, 0.25) is 0 Å². The number of carbonyl (C=O) groups is 1. The van der Waals surface area contributed by atoms with Crippen LogP contribution in [0.5, 0.6) is 0 Å². The number of nitrogens with two attached hydrogens (primary N) is 1. The van der Waals surface area contributed by atoms with Crippen molar-refractivity contribution < 1.29 is 14.3 Å². The summed E-state index contributed by atoms with van der Waals surface area (Å²) in [4.78, 5) is 15.3. The third kappa shape index (κ3) is 2.99. The second-order valence-electron chi connectivity index (χ2n) is 3.42. The maximum absolute atomic E-state index is 13.2. The van der Waals surface area contributed by atoms with Crippen LogP contribution in [0.1, 0.15) is 15.5 Å². The number of thioether (sulfide) groups is 1. The van der Waals surface area contributed by atoms with Crippen molar-refractivity contribution in [3.63, 3.8) is 0 Å². The first-order valence-electron chi connectivity index (χ1n) is 4.92. The van der Waals surface area contributed by atoms with Crippen LogP contribution in [-0.2, 0) is 5.75 Å². The van der Waals surface area contributed by atoms with Gasteiger partial charge in [0.15, 0.2) is 0 Å². The first kappa shape index (κ1) is 12.8. The fraction of sp³-hybridized carbons (Fsp3) is 0.0909. The SMILES string of the molecule is Nc1ccc(SCc2csc(C(=O)O)n2)cc1F. The molecule has 0 bridgehead atoms. The van der Waals surface area contributed by atoms with E-state index in [4.69, 9.17) is 10.8 Å². The molecule has 0 amide bonds. The number of aromatic carboxylic acids is 1. The van der Waals surface area contributed by atoms with Crippen molar-refractivity contribution in [2.75, 3.05) is 5.73 Å². The lowest BCUT2D eigenvalue weighted by Crippen LogP contribution is -1.95. The molecule has 0 aliphatic carbocycles. The van der Waals surface area contributed by atoms with Crippen LogP contribution in [0, 0.1) is 5.82 Å². The molecule has 0 unspecified atom stereocenters. The van der Waals surface area contributed by atoms with Gasteiger partial charge in [-0.15, -0.1) is 23.1 Å². The number of thiazole rings is 1. The third-order valence-corrected chi connectivity index (χ3v) is 4.00. The molecule has 0 fully saturated rings. The summed E-state index contributed by atoms with van der Waals surface area (Å²) in [5, 5.41) is 10.5. The van der Waals surface area contributed by atoms with E-state index in [1.54, 1.807) is 11.4 Å². The van der Waals surface area contributed by atoms with E-state index in [0.717, 1.165) is 16.2 Å². The summed E-state index contributed by atoms with van der Waals surface area (Å²) in [5.74, 6) is -0.994. The average molecular weight is 284 g/mol. The van der Waals surface area contributed by atoms with Crippen molar-refractivity contribution in [2.24, 2.45) is 0 Å². The molecule has 94 valence electrons. The Kier molecular flexibility index (Phi) is 3.83. The minimum atomic E-state index is -1.03. The molecule has 0 saturated heterocycles. The van der Waals surface area contributed by atoms with Crippen LogP contribution < -0.4 is 5.73 Å². The number of carboxylic acids is 1. The van der Waals surface area contributed by atoms with Gasteiger partial charge in [-0.2, -0.15) is 0 Å². The molecule has 0 saturated carbocycles. The standard InChI is InChI=1S/C11H9FN2O2S2/c12-8-3-7(1-2-9(8)13)17-4-6-5-18-10(14-6)11(15)16/h1-3,5H,4,13H2,(H,15,16). The summed E-state index contributed by atoms with van der Waals surface area (Å²) < 4.78 is 13.2. The molecular weight excluding hydrogens is 275 g/mol. The number of nitrogens with zero attached hydrogens (tertiary/aromatic N) is 1. The Morgan fingerprint density at radius 2 is 2.33 bits per heavy atom. The lowest BCUT2D eigenvalue weighted by Gasteiger charge is -2.01. The number of carboxylic acid groups (broad SMARTS) is 1. The van der Waals surface area contributed by atoms with Gasteiger partial charge in [0.2, 0.25) is 5.01 Å². The second-order valence-corrected chi connectivity index (χ2v) is 5.33. The molecule has 1 aromatic carbocycles. The number of anilines is 1. The topological polar surface area (TPSA) is 76.2 Å². The monoisotopic (exact) mass is 284 g/mol. The van der Waals surface area contributed by atoms with Crippen LogP contribution in [0.3, 0.4) is 0 Å². The lowest BCUT2D eigenvalue weighted by molar-refractivity contribution is 0.0696. The molecule has 4 nitrogen and oxygen atoms in total. The number of hydrogen-bond acceptors (Lipinski definition) is 5. The normalized spacial score (nSPS) is 10.5. The predicted octanol–water partition coefficient (Wildman–Crippen LogP) is 2.85. The average Bonchev–Trinajstić information content (AvgIpc) is 2.79. The van der Waals surface area contributed by atoms with E-state index < -0.39 is 11.8 Å². The van der Waals surface area contributed by atoms with Crippen LogP contribution in [0.25, 0.3) is 0 Å². The van der Waals surface area contributed by atoms with E-state index in [9.17, 15) is 9.18 Å². The van der Waals surface area contributed by atoms with Crippen molar-refractivity contribution in [1.82, 2.24) is 4.98 Å². The maximum Gasteiger partial charge on any atom is 0.365 e. The first-order valence-corrected chi connectivity index (χ1v) is 6.78. The largest absolute Gasteiger partial charge is 0.476 e. The molecule has 1 heterocycles. The van der Waals surface area contributed by atoms with Gasteiger partial charge >= 0.3 is 5.97 Å². The van der Waals surface area contributed by atoms with Crippen LogP contribution in [-0.4, -0.2) is 16.1 Å². The predicted molar refractivity (Wildman–Crippen MR) is 69.4 cm³/mol. The second kappa shape index (κ2) is 5.36. The highest BCUT2D eigenvalue weighted by atomic mass is 32.2. The van der Waals surface area contributed by atoms with Gasteiger partial charge in [-0.1, -0.05) is 0 Å². The Bertz CT molecular complexity index is 586. The molecule has 1 aromatic heterocycles. The van der Waals surface area contributed by atoms with Crippen molar-refractivity contribution >= 4 is 34.8 Å². The van der Waals surface area contributed by atoms with Gasteiger partial charge in [0.05, 0.1) is 11.4 Å². The number of nitrogen functional groups attached to an aromatic ring is 1. The van der Waals surface area contributed by atoms with Gasteiger partial charge < -0.3 is 10.8 Å². The Balaban J connectivity index is 2.02.